The van der Waals surface area contributed by atoms with Gasteiger partial charge in [-0.05, 0) is 42.5 Å². The van der Waals surface area contributed by atoms with E-state index in [0.717, 1.165) is 24.4 Å². The highest BCUT2D eigenvalue weighted by Gasteiger charge is 2.65. The highest BCUT2D eigenvalue weighted by molar-refractivity contribution is 6.23. The summed E-state index contributed by atoms with van der Waals surface area (Å²) in [6, 6.07) is 5.30. The summed E-state index contributed by atoms with van der Waals surface area (Å²) in [5, 5.41) is 0. The molecule has 15 heteroatoms. The van der Waals surface area contributed by atoms with Crippen molar-refractivity contribution in [2.75, 3.05) is 4.90 Å². The molecular formula is C22H10F10N2O3. The highest BCUT2D eigenvalue weighted by atomic mass is 19.4. The van der Waals surface area contributed by atoms with Crippen molar-refractivity contribution >= 4 is 17.5 Å². The molecule has 0 aliphatic carbocycles. The number of nitrogens with zero attached hydrogens (tertiary/aromatic N) is 2. The van der Waals surface area contributed by atoms with Gasteiger partial charge in [0, 0.05) is 12.3 Å². The number of ether oxygens (including phenoxy) is 1. The van der Waals surface area contributed by atoms with Crippen LogP contribution in [0.4, 0.5) is 49.6 Å². The van der Waals surface area contributed by atoms with E-state index in [0.29, 0.717) is 24.3 Å². The molecule has 0 atom stereocenters. The first-order chi connectivity index (χ1) is 17.0. The predicted octanol–water partition coefficient (Wildman–Crippen LogP) is 6.54. The monoisotopic (exact) mass is 540 g/mol. The largest absolute Gasteiger partial charge is 0.463 e. The fourth-order valence-electron chi connectivity index (χ4n) is 2.84. The van der Waals surface area contributed by atoms with Gasteiger partial charge < -0.3 is 4.74 Å². The number of carbonyl (C=O) groups excluding carboxylic acids is 2. The van der Waals surface area contributed by atoms with E-state index in [-0.39, 0.29) is 12.1 Å². The number of benzene rings is 2. The van der Waals surface area contributed by atoms with Crippen LogP contribution in [0.3, 0.4) is 0 Å². The molecule has 0 spiro atoms. The molecule has 0 saturated heterocycles. The Bertz CT molecular complexity index is 1340. The van der Waals surface area contributed by atoms with Gasteiger partial charge in [0.25, 0.3) is 5.91 Å². The Morgan fingerprint density at radius 3 is 2.11 bits per heavy atom. The third-order valence-electron chi connectivity index (χ3n) is 4.56. The second kappa shape index (κ2) is 9.71. The Kier molecular flexibility index (Phi) is 7.19. The molecule has 196 valence electrons. The third kappa shape index (κ3) is 5.65. The number of rotatable bonds is 5. The maximum atomic E-state index is 14.4. The zero-order valence-corrected chi connectivity index (χ0v) is 17.7. The number of carbonyl (C=O) groups is 2. The molecule has 0 N–H and O–H groups in total. The highest BCUT2D eigenvalue weighted by Crippen LogP contribution is 2.39. The summed E-state index contributed by atoms with van der Waals surface area (Å²) >= 11 is 0. The van der Waals surface area contributed by atoms with Crippen LogP contribution in [0, 0.1) is 11.6 Å². The lowest BCUT2D eigenvalue weighted by Gasteiger charge is -2.27. The lowest BCUT2D eigenvalue weighted by atomic mass is 10.1. The van der Waals surface area contributed by atoms with Gasteiger partial charge in [-0.3, -0.25) is 9.59 Å². The molecule has 0 aliphatic heterocycles. The molecule has 3 rings (SSSR count). The van der Waals surface area contributed by atoms with E-state index in [1.165, 1.54) is 0 Å². The van der Waals surface area contributed by atoms with Gasteiger partial charge in [0.05, 0.1) is 11.3 Å². The van der Waals surface area contributed by atoms with Crippen molar-refractivity contribution in [1.82, 2.24) is 4.98 Å². The number of alkyl halides is 8. The van der Waals surface area contributed by atoms with Crippen molar-refractivity contribution < 1.29 is 58.2 Å². The second-order valence-corrected chi connectivity index (χ2v) is 7.10. The lowest BCUT2D eigenvalue weighted by Crippen LogP contribution is -2.54. The van der Waals surface area contributed by atoms with Crippen molar-refractivity contribution in [2.45, 2.75) is 18.3 Å². The fraction of sp³-hybridized carbons (Fsp3) is 0.136. The minimum Gasteiger partial charge on any atom is -0.438 e. The minimum atomic E-state index is -6.52. The molecule has 1 heterocycles. The van der Waals surface area contributed by atoms with Crippen molar-refractivity contribution in [3.05, 3.63) is 83.6 Å². The van der Waals surface area contributed by atoms with E-state index in [2.05, 4.69) is 4.98 Å². The SMILES string of the molecule is O=C(c1cccnc1Oc1cccc(C(F)(F)F)c1)N(C(=O)C(F)(F)C(F)(F)F)c1ccc(F)cc1F. The van der Waals surface area contributed by atoms with E-state index >= 15 is 0 Å². The van der Waals surface area contributed by atoms with Crippen molar-refractivity contribution in [3.63, 3.8) is 0 Å². The molecule has 3 aromatic rings. The fourth-order valence-corrected chi connectivity index (χ4v) is 2.84. The summed E-state index contributed by atoms with van der Waals surface area (Å²) in [5.41, 5.74) is -3.70. The van der Waals surface area contributed by atoms with Gasteiger partial charge in [0.1, 0.15) is 22.9 Å². The second-order valence-electron chi connectivity index (χ2n) is 7.10. The Morgan fingerprint density at radius 2 is 1.51 bits per heavy atom. The summed E-state index contributed by atoms with van der Waals surface area (Å²) in [6.45, 7) is 0. The first-order valence-electron chi connectivity index (χ1n) is 9.62. The molecule has 0 aliphatic rings. The van der Waals surface area contributed by atoms with E-state index in [1.54, 1.807) is 0 Å². The Balaban J connectivity index is 2.13. The van der Waals surface area contributed by atoms with E-state index in [4.69, 9.17) is 4.74 Å². The molecule has 37 heavy (non-hydrogen) atoms. The number of aromatic nitrogens is 1. The van der Waals surface area contributed by atoms with Gasteiger partial charge in [0.2, 0.25) is 5.88 Å². The number of pyridine rings is 1. The summed E-state index contributed by atoms with van der Waals surface area (Å²) in [6.07, 6.45) is -10.4. The molecule has 0 saturated carbocycles. The minimum absolute atomic E-state index is 0.0118. The zero-order valence-electron chi connectivity index (χ0n) is 17.7. The summed E-state index contributed by atoms with van der Waals surface area (Å²) < 4.78 is 138. The van der Waals surface area contributed by atoms with Gasteiger partial charge in [0.15, 0.2) is 0 Å². The molecule has 0 radical (unpaired) electrons. The Morgan fingerprint density at radius 1 is 0.838 bits per heavy atom. The van der Waals surface area contributed by atoms with Crippen LogP contribution in [0.25, 0.3) is 0 Å². The molecule has 5 nitrogen and oxygen atoms in total. The summed E-state index contributed by atoms with van der Waals surface area (Å²) in [5.74, 6) is -16.2. The van der Waals surface area contributed by atoms with Crippen LogP contribution in [-0.2, 0) is 11.0 Å². The average Bonchev–Trinajstić information content (AvgIpc) is 2.79. The molecule has 2 aromatic carbocycles. The normalized spacial score (nSPS) is 12.3. The number of amides is 2. The number of imide groups is 1. The van der Waals surface area contributed by atoms with Crippen LogP contribution in [0.5, 0.6) is 11.6 Å². The van der Waals surface area contributed by atoms with Crippen molar-refractivity contribution in [3.8, 4) is 11.6 Å². The molecule has 0 unspecified atom stereocenters. The summed E-state index contributed by atoms with van der Waals surface area (Å²) in [7, 11) is 0. The standard InChI is InChI=1S/C22H10F10N2O3/c23-12-6-7-16(15(24)10-12)34(19(36)20(25,26)22(30,31)32)18(35)14-5-2-8-33-17(14)37-13-4-1-3-11(9-13)21(27,28)29/h1-10H. The van der Waals surface area contributed by atoms with Crippen LogP contribution in [-0.4, -0.2) is 28.9 Å². The Labute approximate surface area is 199 Å². The smallest absolute Gasteiger partial charge is 0.438 e. The molecule has 0 bridgehead atoms. The molecule has 2 amide bonds. The van der Waals surface area contributed by atoms with Crippen LogP contribution in [0.1, 0.15) is 15.9 Å². The quantitative estimate of drug-likeness (QED) is 0.345. The van der Waals surface area contributed by atoms with Crippen molar-refractivity contribution in [1.29, 1.82) is 0 Å². The first-order valence-corrected chi connectivity index (χ1v) is 9.62. The third-order valence-corrected chi connectivity index (χ3v) is 4.56. The maximum absolute atomic E-state index is 14.4. The van der Waals surface area contributed by atoms with E-state index < -0.39 is 75.1 Å². The number of hydrogen-bond donors (Lipinski definition) is 0. The topological polar surface area (TPSA) is 59.5 Å². The van der Waals surface area contributed by atoms with Gasteiger partial charge >= 0.3 is 24.2 Å². The predicted molar refractivity (Wildman–Crippen MR) is 105 cm³/mol. The first kappa shape index (κ1) is 27.4. The van der Waals surface area contributed by atoms with Crippen LogP contribution >= 0.6 is 0 Å². The van der Waals surface area contributed by atoms with Gasteiger partial charge in [-0.15, -0.1) is 0 Å². The van der Waals surface area contributed by atoms with Crippen LogP contribution in [0.2, 0.25) is 0 Å². The number of hydrogen-bond acceptors (Lipinski definition) is 4. The van der Waals surface area contributed by atoms with Gasteiger partial charge in [-0.2, -0.15) is 35.1 Å². The van der Waals surface area contributed by atoms with Crippen LogP contribution < -0.4 is 9.64 Å². The lowest BCUT2D eigenvalue weighted by molar-refractivity contribution is -0.268. The summed E-state index contributed by atoms with van der Waals surface area (Å²) in [4.78, 5) is 28.0. The molecule has 0 fully saturated rings. The molecular weight excluding hydrogens is 530 g/mol. The number of halogens is 10. The number of anilines is 1. The van der Waals surface area contributed by atoms with Gasteiger partial charge in [-0.1, -0.05) is 6.07 Å². The van der Waals surface area contributed by atoms with E-state index in [1.807, 2.05) is 0 Å². The van der Waals surface area contributed by atoms with E-state index in [9.17, 15) is 53.5 Å². The van der Waals surface area contributed by atoms with Crippen LogP contribution in [0.15, 0.2) is 60.8 Å². The molecule has 1 aromatic heterocycles. The Hall–Kier alpha value is -4.17. The maximum Gasteiger partial charge on any atom is 0.463 e. The van der Waals surface area contributed by atoms with Gasteiger partial charge in [-0.25, -0.2) is 18.7 Å². The zero-order chi connectivity index (χ0) is 27.8. The average molecular weight is 540 g/mol. The van der Waals surface area contributed by atoms with Crippen molar-refractivity contribution in [2.24, 2.45) is 0 Å².